The number of benzene rings is 1. The highest BCUT2D eigenvalue weighted by molar-refractivity contribution is 7.80. The van der Waals surface area contributed by atoms with Crippen LogP contribution in [0, 0.1) is 0 Å². The highest BCUT2D eigenvalue weighted by atomic mass is 32.1. The lowest BCUT2D eigenvalue weighted by Crippen LogP contribution is -2.44. The summed E-state index contributed by atoms with van der Waals surface area (Å²) in [6.45, 7) is 4.91. The first-order valence-corrected chi connectivity index (χ1v) is 8.60. The van der Waals surface area contributed by atoms with E-state index < -0.39 is 0 Å². The van der Waals surface area contributed by atoms with E-state index in [1.165, 1.54) is 5.56 Å². The van der Waals surface area contributed by atoms with Gasteiger partial charge in [0.15, 0.2) is 5.11 Å². The Morgan fingerprint density at radius 3 is 2.50 bits per heavy atom. The maximum atomic E-state index is 5.34. The van der Waals surface area contributed by atoms with Gasteiger partial charge in [0.25, 0.3) is 0 Å². The van der Waals surface area contributed by atoms with Gasteiger partial charge in [-0.2, -0.15) is 0 Å². The van der Waals surface area contributed by atoms with Crippen LogP contribution in [0.4, 0.5) is 11.5 Å². The molecule has 0 atom stereocenters. The summed E-state index contributed by atoms with van der Waals surface area (Å²) < 4.78 is 0. The van der Waals surface area contributed by atoms with Crippen LogP contribution in [0.25, 0.3) is 0 Å². The fraction of sp³-hybridized carbons (Fsp3) is 0.333. The second-order valence-electron chi connectivity index (χ2n) is 5.99. The summed E-state index contributed by atoms with van der Waals surface area (Å²) in [5, 5.41) is 6.99. The van der Waals surface area contributed by atoms with Gasteiger partial charge in [0, 0.05) is 32.7 Å². The third-order valence-corrected chi connectivity index (χ3v) is 4.38. The van der Waals surface area contributed by atoms with Gasteiger partial charge in [0.1, 0.15) is 5.82 Å². The molecule has 0 amide bonds. The van der Waals surface area contributed by atoms with E-state index in [0.717, 1.165) is 37.7 Å². The molecule has 0 aliphatic carbocycles. The third kappa shape index (κ3) is 4.66. The van der Waals surface area contributed by atoms with E-state index in [-0.39, 0.29) is 0 Å². The van der Waals surface area contributed by atoms with Crippen LogP contribution in [0.1, 0.15) is 5.56 Å². The Morgan fingerprint density at radius 2 is 1.83 bits per heavy atom. The maximum absolute atomic E-state index is 5.34. The number of likely N-dealkylation sites (N-methyl/N-ethyl adjacent to an activating group) is 1. The van der Waals surface area contributed by atoms with Gasteiger partial charge in [-0.3, -0.25) is 0 Å². The van der Waals surface area contributed by atoms with Crippen LogP contribution in [-0.2, 0) is 6.54 Å². The van der Waals surface area contributed by atoms with Crippen molar-refractivity contribution in [2.45, 2.75) is 6.54 Å². The van der Waals surface area contributed by atoms with E-state index in [4.69, 9.17) is 12.2 Å². The smallest absolute Gasteiger partial charge is 0.171 e. The van der Waals surface area contributed by atoms with E-state index >= 15 is 0 Å². The molecule has 0 bridgehead atoms. The Morgan fingerprint density at radius 1 is 1.08 bits per heavy atom. The summed E-state index contributed by atoms with van der Waals surface area (Å²) in [7, 11) is 2.15. The van der Waals surface area contributed by atoms with E-state index in [0.29, 0.717) is 11.7 Å². The van der Waals surface area contributed by atoms with E-state index in [2.05, 4.69) is 44.6 Å². The van der Waals surface area contributed by atoms with Gasteiger partial charge >= 0.3 is 0 Å². The molecule has 6 heteroatoms. The van der Waals surface area contributed by atoms with Crippen molar-refractivity contribution in [3.05, 3.63) is 54.2 Å². The molecular formula is C18H23N5S. The average molecular weight is 341 g/mol. The lowest BCUT2D eigenvalue weighted by atomic mass is 10.2. The number of nitrogens with zero attached hydrogens (tertiary/aromatic N) is 3. The van der Waals surface area contributed by atoms with Crippen LogP contribution < -0.4 is 15.5 Å². The van der Waals surface area contributed by atoms with Gasteiger partial charge in [0.05, 0.1) is 11.9 Å². The Kier molecular flexibility index (Phi) is 5.61. The Labute approximate surface area is 148 Å². The molecule has 1 aromatic heterocycles. The predicted octanol–water partition coefficient (Wildman–Crippen LogP) is 2.32. The zero-order valence-corrected chi connectivity index (χ0v) is 14.7. The van der Waals surface area contributed by atoms with E-state index in [9.17, 15) is 0 Å². The van der Waals surface area contributed by atoms with Crippen LogP contribution in [0.5, 0.6) is 0 Å². The number of rotatable bonds is 4. The zero-order chi connectivity index (χ0) is 16.8. The first-order valence-electron chi connectivity index (χ1n) is 8.19. The van der Waals surface area contributed by atoms with Crippen molar-refractivity contribution in [3.63, 3.8) is 0 Å². The van der Waals surface area contributed by atoms with Gasteiger partial charge in [-0.25, -0.2) is 4.98 Å². The monoisotopic (exact) mass is 341 g/mol. The first-order chi connectivity index (χ1) is 11.7. The van der Waals surface area contributed by atoms with Crippen molar-refractivity contribution >= 4 is 28.8 Å². The Hall–Kier alpha value is -2.18. The molecule has 1 fully saturated rings. The SMILES string of the molecule is CN1CCN(c2ccc(NC(=S)NCc3ccccc3)cn2)CC1. The minimum Gasteiger partial charge on any atom is -0.358 e. The number of piperazine rings is 1. The minimum atomic E-state index is 0.605. The summed E-state index contributed by atoms with van der Waals surface area (Å²) in [4.78, 5) is 9.21. The molecule has 1 aliphatic rings. The van der Waals surface area contributed by atoms with Crippen LogP contribution in [0.3, 0.4) is 0 Å². The number of pyridine rings is 1. The largest absolute Gasteiger partial charge is 0.358 e. The van der Waals surface area contributed by atoms with Crippen LogP contribution >= 0.6 is 12.2 Å². The molecular weight excluding hydrogens is 318 g/mol. The molecule has 0 saturated carbocycles. The number of hydrogen-bond acceptors (Lipinski definition) is 4. The molecule has 3 rings (SSSR count). The van der Waals surface area contributed by atoms with Gasteiger partial charge in [-0.15, -0.1) is 0 Å². The van der Waals surface area contributed by atoms with Crippen molar-refractivity contribution in [1.29, 1.82) is 0 Å². The third-order valence-electron chi connectivity index (χ3n) is 4.13. The van der Waals surface area contributed by atoms with E-state index in [1.807, 2.05) is 36.5 Å². The Bertz CT molecular complexity index is 651. The molecule has 2 aromatic rings. The van der Waals surface area contributed by atoms with Gasteiger partial charge < -0.3 is 20.4 Å². The summed E-state index contributed by atoms with van der Waals surface area (Å²) in [6.07, 6.45) is 1.84. The molecule has 1 saturated heterocycles. The van der Waals surface area contributed by atoms with Crippen molar-refractivity contribution in [2.75, 3.05) is 43.4 Å². The van der Waals surface area contributed by atoms with Crippen molar-refractivity contribution in [1.82, 2.24) is 15.2 Å². The predicted molar refractivity (Wildman–Crippen MR) is 103 cm³/mol. The first kappa shape index (κ1) is 16.7. The molecule has 1 aliphatic heterocycles. The molecule has 5 nitrogen and oxygen atoms in total. The van der Waals surface area contributed by atoms with Crippen LogP contribution in [0.15, 0.2) is 48.7 Å². The lowest BCUT2D eigenvalue weighted by Gasteiger charge is -2.33. The molecule has 0 radical (unpaired) electrons. The van der Waals surface area contributed by atoms with Gasteiger partial charge in [-0.05, 0) is 37.0 Å². The summed E-state index contributed by atoms with van der Waals surface area (Å²) >= 11 is 5.34. The van der Waals surface area contributed by atoms with Crippen molar-refractivity contribution in [2.24, 2.45) is 0 Å². The van der Waals surface area contributed by atoms with Crippen molar-refractivity contribution in [3.8, 4) is 0 Å². The fourth-order valence-electron chi connectivity index (χ4n) is 2.64. The molecule has 0 spiro atoms. The minimum absolute atomic E-state index is 0.605. The highest BCUT2D eigenvalue weighted by Crippen LogP contribution is 2.15. The maximum Gasteiger partial charge on any atom is 0.171 e. The van der Waals surface area contributed by atoms with Crippen LogP contribution in [0.2, 0.25) is 0 Å². The molecule has 24 heavy (non-hydrogen) atoms. The average Bonchev–Trinajstić information content (AvgIpc) is 2.62. The summed E-state index contributed by atoms with van der Waals surface area (Å²) in [6, 6.07) is 14.3. The number of nitrogens with one attached hydrogen (secondary N) is 2. The number of anilines is 2. The zero-order valence-electron chi connectivity index (χ0n) is 13.9. The second-order valence-corrected chi connectivity index (χ2v) is 6.40. The van der Waals surface area contributed by atoms with Crippen LogP contribution in [-0.4, -0.2) is 48.2 Å². The van der Waals surface area contributed by atoms with Crippen molar-refractivity contribution < 1.29 is 0 Å². The van der Waals surface area contributed by atoms with Gasteiger partial charge in [0.2, 0.25) is 0 Å². The lowest BCUT2D eigenvalue weighted by molar-refractivity contribution is 0.312. The number of thiocarbonyl (C=S) groups is 1. The molecule has 2 heterocycles. The van der Waals surface area contributed by atoms with Gasteiger partial charge in [-0.1, -0.05) is 30.3 Å². The van der Waals surface area contributed by atoms with E-state index in [1.54, 1.807) is 0 Å². The standard InChI is InChI=1S/C18H23N5S/c1-22-9-11-23(12-10-22)17-8-7-16(14-19-17)21-18(24)20-13-15-5-3-2-4-6-15/h2-8,14H,9-13H2,1H3,(H2,20,21,24). The summed E-state index contributed by atoms with van der Waals surface area (Å²) in [5.41, 5.74) is 2.10. The number of hydrogen-bond donors (Lipinski definition) is 2. The number of aromatic nitrogens is 1. The normalized spacial score (nSPS) is 15.1. The molecule has 126 valence electrons. The molecule has 1 aromatic carbocycles. The quantitative estimate of drug-likeness (QED) is 0.832. The fourth-order valence-corrected chi connectivity index (χ4v) is 2.83. The topological polar surface area (TPSA) is 43.4 Å². The molecule has 2 N–H and O–H groups in total. The Balaban J connectivity index is 1.49. The summed E-state index contributed by atoms with van der Waals surface area (Å²) in [5.74, 6) is 1.02. The molecule has 0 unspecified atom stereocenters. The highest BCUT2D eigenvalue weighted by Gasteiger charge is 2.14. The second kappa shape index (κ2) is 8.08.